The summed E-state index contributed by atoms with van der Waals surface area (Å²) in [6, 6.07) is 2.69. The molecule has 1 aromatic rings. The van der Waals surface area contributed by atoms with Gasteiger partial charge in [0.15, 0.2) is 11.6 Å². The fourth-order valence-electron chi connectivity index (χ4n) is 1.33. The molecule has 3 heteroatoms. The minimum absolute atomic E-state index is 0.00898. The second-order valence-electron chi connectivity index (χ2n) is 3.58. The number of hydrogen-bond donors (Lipinski definition) is 0. The van der Waals surface area contributed by atoms with Crippen LogP contribution in [0.3, 0.4) is 0 Å². The molecule has 0 aliphatic carbocycles. The fraction of sp³-hybridized carbons (Fsp3) is 0.385. The van der Waals surface area contributed by atoms with Gasteiger partial charge in [-0.2, -0.15) is 4.39 Å². The number of allylic oxidation sites excluding steroid dienone is 1. The van der Waals surface area contributed by atoms with Gasteiger partial charge in [0.25, 0.3) is 0 Å². The number of halogens is 2. The number of unbranched alkanes of at least 4 members (excludes halogenated alkanes) is 1. The first-order valence-corrected chi connectivity index (χ1v) is 5.40. The molecule has 0 saturated heterocycles. The van der Waals surface area contributed by atoms with Crippen molar-refractivity contribution >= 4 is 0 Å². The van der Waals surface area contributed by atoms with Crippen molar-refractivity contribution in [3.63, 3.8) is 0 Å². The molecule has 0 unspecified atom stereocenters. The summed E-state index contributed by atoms with van der Waals surface area (Å²) in [6.45, 7) is 5.97. The summed E-state index contributed by atoms with van der Waals surface area (Å²) >= 11 is 0. The highest BCUT2D eigenvalue weighted by molar-refractivity contribution is 5.32. The molecule has 0 aliphatic heterocycles. The maximum Gasteiger partial charge on any atom is 0.200 e. The molecule has 0 aliphatic rings. The van der Waals surface area contributed by atoms with E-state index in [1.54, 1.807) is 6.08 Å². The van der Waals surface area contributed by atoms with Crippen LogP contribution >= 0.6 is 0 Å². The van der Waals surface area contributed by atoms with Crippen LogP contribution in [0.1, 0.15) is 25.3 Å². The molecule has 0 N–H and O–H groups in total. The highest BCUT2D eigenvalue weighted by atomic mass is 19.2. The molecule has 1 rings (SSSR count). The molecular weight excluding hydrogens is 210 g/mol. The maximum absolute atomic E-state index is 13.3. The van der Waals surface area contributed by atoms with Crippen LogP contribution < -0.4 is 4.74 Å². The molecule has 16 heavy (non-hydrogen) atoms. The van der Waals surface area contributed by atoms with E-state index in [1.165, 1.54) is 12.1 Å². The molecule has 0 saturated carbocycles. The molecular formula is C13H16F2O. The van der Waals surface area contributed by atoms with E-state index in [9.17, 15) is 8.78 Å². The molecule has 0 radical (unpaired) electrons. The average molecular weight is 226 g/mol. The predicted molar refractivity (Wildman–Crippen MR) is 60.7 cm³/mol. The molecule has 1 aromatic carbocycles. The Morgan fingerprint density at radius 2 is 2.12 bits per heavy atom. The van der Waals surface area contributed by atoms with Crippen molar-refractivity contribution in [3.05, 3.63) is 42.0 Å². The van der Waals surface area contributed by atoms with E-state index in [0.29, 0.717) is 18.6 Å². The summed E-state index contributed by atoms with van der Waals surface area (Å²) in [6.07, 6.45) is 3.92. The number of rotatable bonds is 6. The first-order chi connectivity index (χ1) is 7.69. The van der Waals surface area contributed by atoms with Crippen molar-refractivity contribution in [1.29, 1.82) is 0 Å². The van der Waals surface area contributed by atoms with E-state index in [0.717, 1.165) is 12.8 Å². The van der Waals surface area contributed by atoms with E-state index in [4.69, 9.17) is 4.74 Å². The van der Waals surface area contributed by atoms with Gasteiger partial charge in [-0.15, -0.1) is 6.58 Å². The maximum atomic E-state index is 13.3. The van der Waals surface area contributed by atoms with Crippen molar-refractivity contribution < 1.29 is 13.5 Å². The monoisotopic (exact) mass is 226 g/mol. The van der Waals surface area contributed by atoms with Crippen LogP contribution in [0.25, 0.3) is 0 Å². The van der Waals surface area contributed by atoms with Gasteiger partial charge in [0.05, 0.1) is 6.61 Å². The normalized spacial score (nSPS) is 10.2. The van der Waals surface area contributed by atoms with Gasteiger partial charge in [-0.05, 0) is 30.5 Å². The summed E-state index contributed by atoms with van der Waals surface area (Å²) in [5, 5.41) is 0. The lowest BCUT2D eigenvalue weighted by atomic mass is 10.1. The van der Waals surface area contributed by atoms with E-state index in [-0.39, 0.29) is 5.75 Å². The standard InChI is InChI=1S/C13H16F2O/c1-3-5-7-16-12-9-10(6-4-2)8-11(14)13(12)15/h4,8-9H,2-3,5-7H2,1H3. The predicted octanol–water partition coefficient (Wildman–Crippen LogP) is 3.87. The van der Waals surface area contributed by atoms with Gasteiger partial charge in [0, 0.05) is 0 Å². The van der Waals surface area contributed by atoms with Crippen LogP contribution in [-0.2, 0) is 6.42 Å². The average Bonchev–Trinajstić information content (AvgIpc) is 2.25. The minimum atomic E-state index is -0.913. The molecule has 1 nitrogen and oxygen atoms in total. The highest BCUT2D eigenvalue weighted by Crippen LogP contribution is 2.23. The number of benzene rings is 1. The first-order valence-electron chi connectivity index (χ1n) is 5.40. The minimum Gasteiger partial charge on any atom is -0.490 e. The zero-order chi connectivity index (χ0) is 12.0. The van der Waals surface area contributed by atoms with Gasteiger partial charge in [0.1, 0.15) is 0 Å². The summed E-state index contributed by atoms with van der Waals surface area (Å²) < 4.78 is 31.7. The Kier molecular flexibility index (Phi) is 4.96. The van der Waals surface area contributed by atoms with Crippen LogP contribution in [0.15, 0.2) is 24.8 Å². The largest absolute Gasteiger partial charge is 0.490 e. The van der Waals surface area contributed by atoms with Gasteiger partial charge in [-0.3, -0.25) is 0 Å². The second-order valence-corrected chi connectivity index (χ2v) is 3.58. The smallest absolute Gasteiger partial charge is 0.200 e. The molecule has 0 fully saturated rings. The van der Waals surface area contributed by atoms with Crippen LogP contribution in [0.2, 0.25) is 0 Å². The van der Waals surface area contributed by atoms with Crippen LogP contribution in [0.5, 0.6) is 5.75 Å². The summed E-state index contributed by atoms with van der Waals surface area (Å²) in [4.78, 5) is 0. The van der Waals surface area contributed by atoms with E-state index >= 15 is 0 Å². The Morgan fingerprint density at radius 1 is 1.38 bits per heavy atom. The van der Waals surface area contributed by atoms with E-state index in [2.05, 4.69) is 6.58 Å². The van der Waals surface area contributed by atoms with Crippen molar-refractivity contribution in [2.24, 2.45) is 0 Å². The molecule has 88 valence electrons. The van der Waals surface area contributed by atoms with Crippen molar-refractivity contribution in [2.75, 3.05) is 6.61 Å². The molecule has 0 bridgehead atoms. The first kappa shape index (κ1) is 12.7. The van der Waals surface area contributed by atoms with Gasteiger partial charge in [0.2, 0.25) is 5.82 Å². The van der Waals surface area contributed by atoms with Gasteiger partial charge in [-0.25, -0.2) is 4.39 Å². The lowest BCUT2D eigenvalue weighted by Gasteiger charge is -2.08. The van der Waals surface area contributed by atoms with E-state index in [1.807, 2.05) is 6.92 Å². The number of ether oxygens (including phenoxy) is 1. The zero-order valence-corrected chi connectivity index (χ0v) is 9.43. The van der Waals surface area contributed by atoms with Gasteiger partial charge < -0.3 is 4.74 Å². The van der Waals surface area contributed by atoms with Crippen molar-refractivity contribution in [3.8, 4) is 5.75 Å². The molecule has 0 aromatic heterocycles. The molecule has 0 atom stereocenters. The Hall–Kier alpha value is -1.38. The second kappa shape index (κ2) is 6.26. The third-order valence-electron chi connectivity index (χ3n) is 2.19. The molecule has 0 spiro atoms. The van der Waals surface area contributed by atoms with E-state index < -0.39 is 11.6 Å². The van der Waals surface area contributed by atoms with Crippen LogP contribution in [-0.4, -0.2) is 6.61 Å². The Labute approximate surface area is 94.7 Å². The summed E-state index contributed by atoms with van der Waals surface area (Å²) in [5.41, 5.74) is 0.667. The number of hydrogen-bond acceptors (Lipinski definition) is 1. The van der Waals surface area contributed by atoms with Crippen LogP contribution in [0.4, 0.5) is 8.78 Å². The lowest BCUT2D eigenvalue weighted by Crippen LogP contribution is -2.01. The summed E-state index contributed by atoms with van der Waals surface area (Å²) in [5.74, 6) is -1.79. The summed E-state index contributed by atoms with van der Waals surface area (Å²) in [7, 11) is 0. The Balaban J connectivity index is 2.83. The molecule has 0 amide bonds. The lowest BCUT2D eigenvalue weighted by molar-refractivity contribution is 0.288. The SMILES string of the molecule is C=CCc1cc(F)c(F)c(OCCCC)c1. The fourth-order valence-corrected chi connectivity index (χ4v) is 1.33. The highest BCUT2D eigenvalue weighted by Gasteiger charge is 2.11. The van der Waals surface area contributed by atoms with Gasteiger partial charge >= 0.3 is 0 Å². The van der Waals surface area contributed by atoms with Gasteiger partial charge in [-0.1, -0.05) is 19.4 Å². The van der Waals surface area contributed by atoms with Crippen LogP contribution in [0, 0.1) is 11.6 Å². The zero-order valence-electron chi connectivity index (χ0n) is 9.43. The quantitative estimate of drug-likeness (QED) is 0.528. The Bertz CT molecular complexity index is 361. The van der Waals surface area contributed by atoms with Crippen molar-refractivity contribution in [1.82, 2.24) is 0 Å². The topological polar surface area (TPSA) is 9.23 Å². The molecule has 0 heterocycles. The Morgan fingerprint density at radius 3 is 2.75 bits per heavy atom. The third-order valence-corrected chi connectivity index (χ3v) is 2.19. The van der Waals surface area contributed by atoms with Crippen molar-refractivity contribution in [2.45, 2.75) is 26.2 Å². The third kappa shape index (κ3) is 3.33.